The number of hydrogen-bond acceptors (Lipinski definition) is 10. The van der Waals surface area contributed by atoms with Crippen molar-refractivity contribution in [1.82, 2.24) is 20.2 Å². The average Bonchev–Trinajstić information content (AvgIpc) is 3.49. The summed E-state index contributed by atoms with van der Waals surface area (Å²) in [7, 11) is 1.75. The molecule has 1 atom stereocenters. The highest BCUT2D eigenvalue weighted by Crippen LogP contribution is 2.37. The summed E-state index contributed by atoms with van der Waals surface area (Å²) in [5.41, 5.74) is 10.8. The highest BCUT2D eigenvalue weighted by molar-refractivity contribution is 6.33. The number of aliphatic hydroxyl groups excluding tert-OH is 1. The Bertz CT molecular complexity index is 1390. The molecule has 2 aliphatic rings. The molecule has 2 aromatic rings. The van der Waals surface area contributed by atoms with E-state index in [4.69, 9.17) is 36.8 Å². The van der Waals surface area contributed by atoms with E-state index >= 15 is 0 Å². The lowest BCUT2D eigenvalue weighted by atomic mass is 10.0. The van der Waals surface area contributed by atoms with Crippen LogP contribution in [-0.2, 0) is 9.53 Å². The van der Waals surface area contributed by atoms with Crippen LogP contribution in [0.1, 0.15) is 32.0 Å². The number of Topliss-reactive ketones (excluding diaryl/α,β-unsaturated/α-hetero) is 1. The third-order valence-electron chi connectivity index (χ3n) is 7.02. The zero-order valence-corrected chi connectivity index (χ0v) is 24.8. The molecule has 1 aromatic carbocycles. The van der Waals surface area contributed by atoms with Crippen LogP contribution in [0, 0.1) is 6.92 Å². The van der Waals surface area contributed by atoms with E-state index in [9.17, 15) is 14.7 Å². The summed E-state index contributed by atoms with van der Waals surface area (Å²) < 4.78 is 11.0. The van der Waals surface area contributed by atoms with Gasteiger partial charge in [0.05, 0.1) is 22.9 Å². The number of aromatic nitrogens is 2. The summed E-state index contributed by atoms with van der Waals surface area (Å²) in [5, 5.41) is 13.4. The van der Waals surface area contributed by atoms with E-state index in [-0.39, 0.29) is 18.5 Å². The molecule has 0 saturated heterocycles. The monoisotopic (exact) mass is 584 g/mol. The van der Waals surface area contributed by atoms with Gasteiger partial charge in [0.1, 0.15) is 24.3 Å². The number of nitrogens with zero attached hydrogens (tertiary/aromatic N) is 4. The maximum absolute atomic E-state index is 12.7. The zero-order chi connectivity index (χ0) is 29.8. The van der Waals surface area contributed by atoms with E-state index in [0.717, 1.165) is 11.1 Å². The first-order valence-electron chi connectivity index (χ1n) is 13.5. The second-order valence-corrected chi connectivity index (χ2v) is 10.6. The number of carbonyl (C=O) groups excluding carboxylic acids is 2. The van der Waals surface area contributed by atoms with E-state index < -0.39 is 6.10 Å². The number of likely N-dealkylation sites (N-methyl/N-ethyl adjacent to an activating group) is 1. The number of ether oxygens (including phenoxy) is 2. The Morgan fingerprint density at radius 1 is 1.17 bits per heavy atom. The highest BCUT2D eigenvalue weighted by atomic mass is 35.5. The number of ketones is 1. The Morgan fingerprint density at radius 3 is 2.44 bits per heavy atom. The van der Waals surface area contributed by atoms with Crippen LogP contribution < -0.4 is 20.7 Å². The standard InChI is InChI=1S/C29H37ClN6O5/c1-6-40-29(39)36-13-19-11-35(12-20(19)14-36)28-16(2)26(25(17(3)31)18(4)37)33-27(34-28)23-9-22(7-8-24(23)30)41-15-21(38)10-32-5/h7-9,21,32,38H,6,10-15,31H2,1-5H3/t21-/m1/s1. The predicted molar refractivity (Wildman–Crippen MR) is 158 cm³/mol. The second kappa shape index (κ2) is 12.9. The molecular formula is C29H37ClN6O5. The molecule has 0 bridgehead atoms. The first-order valence-corrected chi connectivity index (χ1v) is 13.9. The van der Waals surface area contributed by atoms with Gasteiger partial charge in [-0.05, 0) is 64.1 Å². The number of rotatable bonds is 10. The van der Waals surface area contributed by atoms with Gasteiger partial charge in [-0.25, -0.2) is 14.8 Å². The van der Waals surface area contributed by atoms with Crippen LogP contribution in [0.4, 0.5) is 10.6 Å². The number of allylic oxidation sites excluding steroid dienone is 2. The Morgan fingerprint density at radius 2 is 1.85 bits per heavy atom. The van der Waals surface area contributed by atoms with E-state index in [2.05, 4.69) is 10.2 Å². The van der Waals surface area contributed by atoms with Gasteiger partial charge in [-0.3, -0.25) is 4.79 Å². The van der Waals surface area contributed by atoms with Gasteiger partial charge in [0, 0.05) is 49.5 Å². The summed E-state index contributed by atoms with van der Waals surface area (Å²) in [6.07, 6.45) is -1.01. The average molecular weight is 585 g/mol. The van der Waals surface area contributed by atoms with Crippen molar-refractivity contribution in [2.75, 3.05) is 57.9 Å². The number of benzene rings is 1. The molecule has 41 heavy (non-hydrogen) atoms. The number of nitrogens with two attached hydrogens (primary N) is 1. The van der Waals surface area contributed by atoms with Crippen LogP contribution >= 0.6 is 11.6 Å². The summed E-state index contributed by atoms with van der Waals surface area (Å²) in [5.74, 6) is 1.24. The van der Waals surface area contributed by atoms with Crippen molar-refractivity contribution in [3.63, 3.8) is 0 Å². The van der Waals surface area contributed by atoms with E-state index in [1.807, 2.05) is 6.92 Å². The summed E-state index contributed by atoms with van der Waals surface area (Å²) in [6.45, 7) is 9.74. The number of nitrogens with one attached hydrogen (secondary N) is 1. The first kappa shape index (κ1) is 30.3. The minimum atomic E-state index is -0.687. The van der Waals surface area contributed by atoms with Crippen molar-refractivity contribution < 1.29 is 24.2 Å². The largest absolute Gasteiger partial charge is 0.491 e. The topological polar surface area (TPSA) is 143 Å². The molecule has 12 heteroatoms. The van der Waals surface area contributed by atoms with Crippen LogP contribution in [0.2, 0.25) is 5.02 Å². The number of carbonyl (C=O) groups is 2. The maximum atomic E-state index is 12.7. The zero-order valence-electron chi connectivity index (χ0n) is 24.1. The van der Waals surface area contributed by atoms with Gasteiger partial charge in [-0.2, -0.15) is 0 Å². The number of hydrogen-bond donors (Lipinski definition) is 3. The summed E-state index contributed by atoms with van der Waals surface area (Å²) >= 11 is 6.63. The molecule has 0 fully saturated rings. The number of halogens is 1. The molecule has 4 rings (SSSR count). The second-order valence-electron chi connectivity index (χ2n) is 10.2. The highest BCUT2D eigenvalue weighted by Gasteiger charge is 2.35. The van der Waals surface area contributed by atoms with Crippen molar-refractivity contribution >= 4 is 34.9 Å². The molecular weight excluding hydrogens is 548 g/mol. The van der Waals surface area contributed by atoms with E-state index in [0.29, 0.717) is 89.8 Å². The van der Waals surface area contributed by atoms with Crippen LogP contribution in [0.15, 0.2) is 35.0 Å². The van der Waals surface area contributed by atoms with Gasteiger partial charge in [0.15, 0.2) is 11.6 Å². The Labute approximate surface area is 245 Å². The fourth-order valence-corrected chi connectivity index (χ4v) is 5.34. The molecule has 0 unspecified atom stereocenters. The maximum Gasteiger partial charge on any atom is 0.410 e. The first-order chi connectivity index (χ1) is 19.5. The number of amides is 1. The Hall–Kier alpha value is -3.67. The SMILES string of the molecule is CCOC(=O)N1CC2=C(C1)CN(c1nc(-c3cc(OC[C@H](O)CNC)ccc3Cl)nc(C(C(C)=O)=C(C)N)c1C)C2. The molecule has 0 radical (unpaired) electrons. The van der Waals surface area contributed by atoms with Gasteiger partial charge in [-0.1, -0.05) is 11.6 Å². The normalized spacial score (nSPS) is 16.1. The van der Waals surface area contributed by atoms with Crippen LogP contribution in [0.5, 0.6) is 5.75 Å². The van der Waals surface area contributed by atoms with Crippen LogP contribution in [0.3, 0.4) is 0 Å². The van der Waals surface area contributed by atoms with Gasteiger partial charge in [-0.15, -0.1) is 0 Å². The number of anilines is 1. The quantitative estimate of drug-likeness (QED) is 0.282. The van der Waals surface area contributed by atoms with Gasteiger partial charge >= 0.3 is 6.09 Å². The van der Waals surface area contributed by atoms with Crippen molar-refractivity contribution in [2.24, 2.45) is 5.73 Å². The Kier molecular flexibility index (Phi) is 9.52. The minimum Gasteiger partial charge on any atom is -0.491 e. The van der Waals surface area contributed by atoms with Crippen LogP contribution in [-0.4, -0.2) is 90.9 Å². The van der Waals surface area contributed by atoms with Gasteiger partial charge < -0.3 is 35.4 Å². The van der Waals surface area contributed by atoms with Crippen molar-refractivity contribution in [3.8, 4) is 17.1 Å². The number of aliphatic hydroxyl groups is 1. The molecule has 4 N–H and O–H groups in total. The molecule has 1 amide bonds. The lowest BCUT2D eigenvalue weighted by molar-refractivity contribution is -0.111. The van der Waals surface area contributed by atoms with Crippen molar-refractivity contribution in [1.29, 1.82) is 0 Å². The third-order valence-corrected chi connectivity index (χ3v) is 7.35. The lowest BCUT2D eigenvalue weighted by Crippen LogP contribution is -2.35. The van der Waals surface area contributed by atoms with Crippen molar-refractivity contribution in [2.45, 2.75) is 33.8 Å². The summed E-state index contributed by atoms with van der Waals surface area (Å²) in [4.78, 5) is 38.5. The van der Waals surface area contributed by atoms with Crippen molar-refractivity contribution in [3.05, 3.63) is 51.3 Å². The minimum absolute atomic E-state index is 0.0879. The van der Waals surface area contributed by atoms with Crippen LogP contribution in [0.25, 0.3) is 17.0 Å². The fraction of sp³-hybridized carbons (Fsp3) is 0.448. The fourth-order valence-electron chi connectivity index (χ4n) is 5.13. The predicted octanol–water partition coefficient (Wildman–Crippen LogP) is 2.93. The molecule has 220 valence electrons. The lowest BCUT2D eigenvalue weighted by Gasteiger charge is -2.26. The molecule has 3 heterocycles. The molecule has 11 nitrogen and oxygen atoms in total. The third kappa shape index (κ3) is 6.64. The Balaban J connectivity index is 1.72. The molecule has 2 aliphatic heterocycles. The molecule has 0 aliphatic carbocycles. The van der Waals surface area contributed by atoms with Gasteiger partial charge in [0.2, 0.25) is 0 Å². The molecule has 0 spiro atoms. The molecule has 1 aromatic heterocycles. The van der Waals surface area contributed by atoms with E-state index in [1.165, 1.54) is 6.92 Å². The summed E-state index contributed by atoms with van der Waals surface area (Å²) in [6, 6.07) is 5.12. The van der Waals surface area contributed by atoms with E-state index in [1.54, 1.807) is 44.0 Å². The smallest absolute Gasteiger partial charge is 0.410 e. The molecule has 0 saturated carbocycles. The van der Waals surface area contributed by atoms with Gasteiger partial charge in [0.25, 0.3) is 0 Å².